The van der Waals surface area contributed by atoms with Gasteiger partial charge in [-0.15, -0.1) is 0 Å². The number of hydrogen-bond acceptors (Lipinski definition) is 3. The van der Waals surface area contributed by atoms with Gasteiger partial charge in [-0.05, 0) is 69.2 Å². The quantitative estimate of drug-likeness (QED) is 0.612. The van der Waals surface area contributed by atoms with Gasteiger partial charge in [0, 0.05) is 24.9 Å². The molecule has 0 aliphatic carbocycles. The molecule has 0 unspecified atom stereocenters. The van der Waals surface area contributed by atoms with E-state index in [9.17, 15) is 9.18 Å². The molecule has 2 aliphatic rings. The first-order valence-electron chi connectivity index (χ1n) is 11.5. The SMILES string of the molecule is CN1CCC(c2c(C(=O)N3CC[C@H](c4ccccc4)C3)cnn2-c2ccc(F)cc2)CC1. The van der Waals surface area contributed by atoms with Gasteiger partial charge in [0.1, 0.15) is 5.82 Å². The highest BCUT2D eigenvalue weighted by Crippen LogP contribution is 2.34. The maximum Gasteiger partial charge on any atom is 0.257 e. The molecule has 1 atom stereocenters. The highest BCUT2D eigenvalue weighted by Gasteiger charge is 2.33. The van der Waals surface area contributed by atoms with Crippen molar-refractivity contribution in [2.24, 2.45) is 0 Å². The molecule has 0 spiro atoms. The number of benzene rings is 2. The van der Waals surface area contributed by atoms with Crippen LogP contribution in [0.5, 0.6) is 0 Å². The second-order valence-corrected chi connectivity index (χ2v) is 9.06. The fourth-order valence-corrected chi connectivity index (χ4v) is 5.10. The average Bonchev–Trinajstić information content (AvgIpc) is 3.48. The van der Waals surface area contributed by atoms with Crippen molar-refractivity contribution >= 4 is 5.91 Å². The van der Waals surface area contributed by atoms with Gasteiger partial charge < -0.3 is 9.80 Å². The Labute approximate surface area is 188 Å². The van der Waals surface area contributed by atoms with Gasteiger partial charge in [-0.1, -0.05) is 30.3 Å². The number of carbonyl (C=O) groups excluding carboxylic acids is 1. The van der Waals surface area contributed by atoms with Crippen molar-refractivity contribution < 1.29 is 9.18 Å². The molecule has 0 bridgehead atoms. The van der Waals surface area contributed by atoms with Crippen LogP contribution >= 0.6 is 0 Å². The van der Waals surface area contributed by atoms with E-state index in [1.165, 1.54) is 17.7 Å². The van der Waals surface area contributed by atoms with E-state index >= 15 is 0 Å². The number of carbonyl (C=O) groups is 1. The minimum Gasteiger partial charge on any atom is -0.338 e. The Bertz CT molecular complexity index is 1070. The van der Waals surface area contributed by atoms with E-state index in [0.717, 1.165) is 56.8 Å². The zero-order valence-electron chi connectivity index (χ0n) is 18.5. The minimum atomic E-state index is -0.276. The van der Waals surface area contributed by atoms with E-state index in [0.29, 0.717) is 11.5 Å². The third kappa shape index (κ3) is 4.07. The molecular weight excluding hydrogens is 403 g/mol. The number of aromatic nitrogens is 2. The number of halogens is 1. The number of nitrogens with zero attached hydrogens (tertiary/aromatic N) is 4. The largest absolute Gasteiger partial charge is 0.338 e. The number of amides is 1. The fraction of sp³-hybridized carbons (Fsp3) is 0.385. The van der Waals surface area contributed by atoms with Gasteiger partial charge in [0.15, 0.2) is 0 Å². The second kappa shape index (κ2) is 8.87. The fourth-order valence-electron chi connectivity index (χ4n) is 5.10. The normalized spacial score (nSPS) is 20.1. The van der Waals surface area contributed by atoms with Crippen LogP contribution in [0.25, 0.3) is 5.69 Å². The van der Waals surface area contributed by atoms with Gasteiger partial charge in [-0.25, -0.2) is 9.07 Å². The van der Waals surface area contributed by atoms with E-state index in [1.54, 1.807) is 18.3 Å². The summed E-state index contributed by atoms with van der Waals surface area (Å²) in [6.45, 7) is 3.48. The highest BCUT2D eigenvalue weighted by atomic mass is 19.1. The van der Waals surface area contributed by atoms with Gasteiger partial charge >= 0.3 is 0 Å². The monoisotopic (exact) mass is 432 g/mol. The van der Waals surface area contributed by atoms with Gasteiger partial charge in [0.05, 0.1) is 23.1 Å². The first-order chi connectivity index (χ1) is 15.6. The summed E-state index contributed by atoms with van der Waals surface area (Å²) in [5, 5.41) is 4.61. The molecule has 6 heteroatoms. The Balaban J connectivity index is 1.45. The summed E-state index contributed by atoms with van der Waals surface area (Å²) in [6, 6.07) is 16.8. The molecule has 2 saturated heterocycles. The lowest BCUT2D eigenvalue weighted by Crippen LogP contribution is -2.33. The molecule has 3 heterocycles. The molecule has 2 aliphatic heterocycles. The maximum absolute atomic E-state index is 13.7. The summed E-state index contributed by atoms with van der Waals surface area (Å²) in [7, 11) is 2.13. The second-order valence-electron chi connectivity index (χ2n) is 9.06. The summed E-state index contributed by atoms with van der Waals surface area (Å²) in [6.07, 6.45) is 4.66. The van der Waals surface area contributed by atoms with Crippen LogP contribution in [0.1, 0.15) is 52.7 Å². The Hall–Kier alpha value is -2.99. The number of hydrogen-bond donors (Lipinski definition) is 0. The smallest absolute Gasteiger partial charge is 0.257 e. The van der Waals surface area contributed by atoms with E-state index in [4.69, 9.17) is 0 Å². The molecule has 32 heavy (non-hydrogen) atoms. The summed E-state index contributed by atoms with van der Waals surface area (Å²) in [5.74, 6) is 0.414. The van der Waals surface area contributed by atoms with Crippen LogP contribution in [0.4, 0.5) is 4.39 Å². The number of rotatable bonds is 4. The van der Waals surface area contributed by atoms with Crippen LogP contribution in [0.2, 0.25) is 0 Å². The van der Waals surface area contributed by atoms with Crippen molar-refractivity contribution in [1.82, 2.24) is 19.6 Å². The summed E-state index contributed by atoms with van der Waals surface area (Å²) >= 11 is 0. The molecule has 166 valence electrons. The molecule has 0 N–H and O–H groups in total. The first-order valence-corrected chi connectivity index (χ1v) is 11.5. The van der Waals surface area contributed by atoms with Crippen LogP contribution in [-0.4, -0.2) is 58.7 Å². The lowest BCUT2D eigenvalue weighted by molar-refractivity contribution is 0.0788. The number of likely N-dealkylation sites (tertiary alicyclic amines) is 2. The Morgan fingerprint density at radius 3 is 2.34 bits per heavy atom. The molecule has 5 rings (SSSR count). The zero-order chi connectivity index (χ0) is 22.1. The molecular formula is C26H29FN4O. The lowest BCUT2D eigenvalue weighted by atomic mass is 9.91. The van der Waals surface area contributed by atoms with E-state index in [-0.39, 0.29) is 17.6 Å². The van der Waals surface area contributed by atoms with Crippen molar-refractivity contribution in [2.45, 2.75) is 31.1 Å². The van der Waals surface area contributed by atoms with Crippen LogP contribution in [-0.2, 0) is 0 Å². The third-order valence-corrected chi connectivity index (χ3v) is 6.96. The van der Waals surface area contributed by atoms with Crippen molar-refractivity contribution in [3.05, 3.63) is 83.4 Å². The van der Waals surface area contributed by atoms with Gasteiger partial charge in [-0.2, -0.15) is 5.10 Å². The van der Waals surface area contributed by atoms with E-state index in [2.05, 4.69) is 41.3 Å². The molecule has 2 aromatic carbocycles. The maximum atomic E-state index is 13.7. The van der Waals surface area contributed by atoms with Crippen molar-refractivity contribution in [2.75, 3.05) is 33.2 Å². The zero-order valence-corrected chi connectivity index (χ0v) is 18.5. The van der Waals surface area contributed by atoms with E-state index in [1.807, 2.05) is 15.6 Å². The van der Waals surface area contributed by atoms with Crippen LogP contribution < -0.4 is 0 Å². The van der Waals surface area contributed by atoms with E-state index < -0.39 is 0 Å². The molecule has 2 fully saturated rings. The van der Waals surface area contributed by atoms with Crippen molar-refractivity contribution in [3.63, 3.8) is 0 Å². The minimum absolute atomic E-state index is 0.0609. The first kappa shape index (κ1) is 20.9. The van der Waals surface area contributed by atoms with Gasteiger partial charge in [0.25, 0.3) is 5.91 Å². The molecule has 0 saturated carbocycles. The lowest BCUT2D eigenvalue weighted by Gasteiger charge is -2.30. The Morgan fingerprint density at radius 2 is 1.62 bits per heavy atom. The highest BCUT2D eigenvalue weighted by molar-refractivity contribution is 5.95. The topological polar surface area (TPSA) is 41.4 Å². The van der Waals surface area contributed by atoms with Crippen LogP contribution in [0, 0.1) is 5.82 Å². The van der Waals surface area contributed by atoms with Gasteiger partial charge in [0.2, 0.25) is 0 Å². The van der Waals surface area contributed by atoms with Crippen molar-refractivity contribution in [3.8, 4) is 5.69 Å². The summed E-state index contributed by atoms with van der Waals surface area (Å²) < 4.78 is 15.4. The van der Waals surface area contributed by atoms with Gasteiger partial charge in [-0.3, -0.25) is 4.79 Å². The molecule has 5 nitrogen and oxygen atoms in total. The van der Waals surface area contributed by atoms with Crippen molar-refractivity contribution in [1.29, 1.82) is 0 Å². The standard InChI is InChI=1S/C26H29FN4O/c1-29-14-11-20(12-15-29)25-24(17-28-31(25)23-9-7-22(27)8-10-23)26(32)30-16-13-21(18-30)19-5-3-2-4-6-19/h2-10,17,20-21H,11-16,18H2,1H3/t21-/m0/s1. The molecule has 1 aromatic heterocycles. The molecule has 0 radical (unpaired) electrons. The Morgan fingerprint density at radius 1 is 0.938 bits per heavy atom. The summed E-state index contributed by atoms with van der Waals surface area (Å²) in [4.78, 5) is 17.9. The molecule has 3 aromatic rings. The predicted octanol–water partition coefficient (Wildman–Crippen LogP) is 4.45. The predicted molar refractivity (Wildman–Crippen MR) is 123 cm³/mol. The average molecular weight is 433 g/mol. The number of piperidine rings is 1. The van der Waals surface area contributed by atoms with Crippen LogP contribution in [0.15, 0.2) is 60.8 Å². The third-order valence-electron chi connectivity index (χ3n) is 6.96. The van der Waals surface area contributed by atoms with Crippen LogP contribution in [0.3, 0.4) is 0 Å². The summed E-state index contributed by atoms with van der Waals surface area (Å²) in [5.41, 5.74) is 3.75. The Kier molecular flexibility index (Phi) is 5.79. The molecule has 1 amide bonds.